The minimum absolute atomic E-state index is 0.106. The summed E-state index contributed by atoms with van der Waals surface area (Å²) in [6.45, 7) is 11.7. The van der Waals surface area contributed by atoms with Gasteiger partial charge in [-0.3, -0.25) is 0 Å². The monoisotopic (exact) mass is 608 g/mol. The predicted molar refractivity (Wildman–Crippen MR) is 170 cm³/mol. The van der Waals surface area contributed by atoms with Gasteiger partial charge in [-0.1, -0.05) is 77.3 Å². The average molecular weight is 610 g/mol. The number of anilines is 2. The molecule has 0 aliphatic carbocycles. The average Bonchev–Trinajstić information content (AvgIpc) is 3.30. The van der Waals surface area contributed by atoms with E-state index in [1.54, 1.807) is 6.20 Å². The molecule has 212 valence electrons. The van der Waals surface area contributed by atoms with Crippen molar-refractivity contribution in [3.05, 3.63) is 81.5 Å². The molecule has 11 heteroatoms. The predicted octanol–water partition coefficient (Wildman–Crippen LogP) is 7.60. The van der Waals surface area contributed by atoms with E-state index in [4.69, 9.17) is 50.5 Å². The number of hydrogen-bond acceptors (Lipinski definition) is 7. The molecule has 1 aliphatic rings. The molecule has 4 aromatic rings. The van der Waals surface area contributed by atoms with Crippen LogP contribution < -0.4 is 11.1 Å². The number of nitrogens with zero attached hydrogens (tertiary/aromatic N) is 6. The lowest BCUT2D eigenvalue weighted by Gasteiger charge is -2.35. The molecule has 1 saturated heterocycles. The minimum atomic E-state index is 0.106. The summed E-state index contributed by atoms with van der Waals surface area (Å²) in [4.78, 5) is 20.8. The second-order valence-electron chi connectivity index (χ2n) is 9.99. The molecular formula is C30H31Cl3N8. The summed E-state index contributed by atoms with van der Waals surface area (Å²) in [5.41, 5.74) is 12.1. The highest BCUT2D eigenvalue weighted by Gasteiger charge is 2.25. The third kappa shape index (κ3) is 5.91. The van der Waals surface area contributed by atoms with Crippen molar-refractivity contribution in [1.82, 2.24) is 29.4 Å². The number of nitrogens with two attached hydrogens (primary N) is 1. The van der Waals surface area contributed by atoms with Crippen LogP contribution in [-0.4, -0.2) is 48.5 Å². The van der Waals surface area contributed by atoms with E-state index in [2.05, 4.69) is 62.5 Å². The lowest BCUT2D eigenvalue weighted by Crippen LogP contribution is -2.38. The Labute approximate surface area is 254 Å². The van der Waals surface area contributed by atoms with E-state index >= 15 is 0 Å². The van der Waals surface area contributed by atoms with Gasteiger partial charge in [-0.2, -0.15) is 0 Å². The number of imidazole rings is 1. The molecule has 0 amide bonds. The quantitative estimate of drug-likeness (QED) is 0.208. The van der Waals surface area contributed by atoms with E-state index in [0.717, 1.165) is 54.4 Å². The third-order valence-electron chi connectivity index (χ3n) is 7.16. The number of likely N-dealkylation sites (tertiary alicyclic amines) is 1. The summed E-state index contributed by atoms with van der Waals surface area (Å²) in [6.07, 6.45) is 7.46. The fourth-order valence-corrected chi connectivity index (χ4v) is 5.56. The second-order valence-corrected chi connectivity index (χ2v) is 11.1. The van der Waals surface area contributed by atoms with Gasteiger partial charge in [0.15, 0.2) is 5.15 Å². The van der Waals surface area contributed by atoms with Gasteiger partial charge in [0.05, 0.1) is 33.5 Å². The first-order chi connectivity index (χ1) is 19.7. The van der Waals surface area contributed by atoms with Crippen LogP contribution in [0.5, 0.6) is 0 Å². The SMILES string of the molecule is C=C(c1nc(Cl)c(Cl)c(N)c1Cl)N1CCC(Nc2nccc(-c3c(-c4ccc(C)cc4)nc(C)n3/C=C\C)n2)CC1. The van der Waals surface area contributed by atoms with Crippen LogP contribution in [0.1, 0.15) is 36.8 Å². The summed E-state index contributed by atoms with van der Waals surface area (Å²) in [7, 11) is 0. The van der Waals surface area contributed by atoms with Crippen molar-refractivity contribution in [1.29, 1.82) is 0 Å². The van der Waals surface area contributed by atoms with Gasteiger partial charge in [-0.05, 0) is 39.7 Å². The molecule has 41 heavy (non-hydrogen) atoms. The van der Waals surface area contributed by atoms with Crippen molar-refractivity contribution in [2.75, 3.05) is 24.1 Å². The Morgan fingerprint density at radius 2 is 1.73 bits per heavy atom. The van der Waals surface area contributed by atoms with E-state index in [1.165, 1.54) is 5.56 Å². The Bertz CT molecular complexity index is 1620. The molecule has 0 saturated carbocycles. The molecule has 0 spiro atoms. The van der Waals surface area contributed by atoms with Gasteiger partial charge in [-0.15, -0.1) is 0 Å². The maximum absolute atomic E-state index is 6.42. The first kappa shape index (κ1) is 28.9. The Morgan fingerprint density at radius 3 is 2.41 bits per heavy atom. The number of aromatic nitrogens is 5. The molecule has 5 rings (SSSR count). The number of benzene rings is 1. The zero-order chi connectivity index (χ0) is 29.3. The van der Waals surface area contributed by atoms with Crippen molar-refractivity contribution >= 4 is 58.3 Å². The van der Waals surface area contributed by atoms with Crippen molar-refractivity contribution in [2.24, 2.45) is 0 Å². The van der Waals surface area contributed by atoms with E-state index in [0.29, 0.717) is 17.3 Å². The summed E-state index contributed by atoms with van der Waals surface area (Å²) >= 11 is 18.7. The number of nitrogen functional groups attached to an aromatic ring is 1. The van der Waals surface area contributed by atoms with Crippen LogP contribution in [0.15, 0.2) is 49.2 Å². The van der Waals surface area contributed by atoms with Crippen LogP contribution in [0, 0.1) is 13.8 Å². The molecule has 3 N–H and O–H groups in total. The van der Waals surface area contributed by atoms with E-state index in [1.807, 2.05) is 32.2 Å². The van der Waals surface area contributed by atoms with E-state index < -0.39 is 0 Å². The van der Waals surface area contributed by atoms with Gasteiger partial charge in [0.1, 0.15) is 16.5 Å². The van der Waals surface area contributed by atoms with Crippen LogP contribution in [0.4, 0.5) is 11.6 Å². The largest absolute Gasteiger partial charge is 0.396 e. The maximum atomic E-state index is 6.42. The fourth-order valence-electron chi connectivity index (χ4n) is 4.94. The van der Waals surface area contributed by atoms with Crippen molar-refractivity contribution in [3.8, 4) is 22.6 Å². The molecule has 0 atom stereocenters. The number of piperidine rings is 1. The Morgan fingerprint density at radius 1 is 1.02 bits per heavy atom. The molecule has 1 aromatic carbocycles. The minimum Gasteiger partial charge on any atom is -0.396 e. The number of allylic oxidation sites excluding steroid dienone is 1. The zero-order valence-electron chi connectivity index (χ0n) is 23.1. The van der Waals surface area contributed by atoms with Gasteiger partial charge in [0, 0.05) is 37.1 Å². The maximum Gasteiger partial charge on any atom is 0.223 e. The lowest BCUT2D eigenvalue weighted by atomic mass is 10.0. The Kier molecular flexibility index (Phi) is 8.54. The molecular weight excluding hydrogens is 579 g/mol. The van der Waals surface area contributed by atoms with Crippen LogP contribution in [0.3, 0.4) is 0 Å². The smallest absolute Gasteiger partial charge is 0.223 e. The number of hydrogen-bond donors (Lipinski definition) is 2. The number of halogens is 3. The standard InChI is InChI=1S/C30H31Cl3N8/c1-5-14-41-19(4)36-27(20-8-6-17(2)7-9-20)28(41)22-10-13-35-30(38-22)37-21-11-15-40(16-12-21)18(3)26-23(31)25(34)24(32)29(33)39-26/h5-10,13-14,21H,3,11-12,15-16H2,1-2,4H3,(H2,34,39)(H,35,37,38)/b14-5-. The first-order valence-electron chi connectivity index (χ1n) is 13.3. The molecule has 4 heterocycles. The molecule has 0 radical (unpaired) electrons. The highest BCUT2D eigenvalue weighted by Crippen LogP contribution is 2.38. The number of rotatable bonds is 7. The lowest BCUT2D eigenvalue weighted by molar-refractivity contribution is 0.308. The van der Waals surface area contributed by atoms with Crippen molar-refractivity contribution in [3.63, 3.8) is 0 Å². The van der Waals surface area contributed by atoms with Gasteiger partial charge < -0.3 is 20.5 Å². The summed E-state index contributed by atoms with van der Waals surface area (Å²) < 4.78 is 2.07. The first-order valence-corrected chi connectivity index (χ1v) is 14.4. The number of nitrogens with one attached hydrogen (secondary N) is 1. The van der Waals surface area contributed by atoms with E-state index in [-0.39, 0.29) is 26.9 Å². The summed E-state index contributed by atoms with van der Waals surface area (Å²) in [6, 6.07) is 10.5. The van der Waals surface area contributed by atoms with Gasteiger partial charge >= 0.3 is 0 Å². The highest BCUT2D eigenvalue weighted by atomic mass is 35.5. The molecule has 0 unspecified atom stereocenters. The van der Waals surface area contributed by atoms with Crippen LogP contribution in [-0.2, 0) is 0 Å². The highest BCUT2D eigenvalue weighted by molar-refractivity contribution is 6.45. The van der Waals surface area contributed by atoms with Crippen LogP contribution >= 0.6 is 34.8 Å². The number of aryl methyl sites for hydroxylation is 2. The van der Waals surface area contributed by atoms with E-state index in [9.17, 15) is 0 Å². The molecule has 1 aliphatic heterocycles. The summed E-state index contributed by atoms with van der Waals surface area (Å²) in [5.74, 6) is 1.45. The Hall–Kier alpha value is -3.59. The van der Waals surface area contributed by atoms with Crippen molar-refractivity contribution in [2.45, 2.75) is 39.7 Å². The second kappa shape index (κ2) is 12.1. The van der Waals surface area contributed by atoms with Gasteiger partial charge in [-0.25, -0.2) is 19.9 Å². The normalized spacial score (nSPS) is 14.1. The molecule has 8 nitrogen and oxygen atoms in total. The Balaban J connectivity index is 1.34. The summed E-state index contributed by atoms with van der Waals surface area (Å²) in [5, 5.41) is 4.04. The van der Waals surface area contributed by atoms with Crippen LogP contribution in [0.25, 0.3) is 34.5 Å². The topological polar surface area (TPSA) is 97.8 Å². The molecule has 3 aromatic heterocycles. The number of pyridine rings is 1. The van der Waals surface area contributed by atoms with Crippen LogP contribution in [0.2, 0.25) is 15.2 Å². The molecule has 0 bridgehead atoms. The molecule has 1 fully saturated rings. The fraction of sp³-hybridized carbons (Fsp3) is 0.267. The van der Waals surface area contributed by atoms with Crippen molar-refractivity contribution < 1.29 is 0 Å². The zero-order valence-corrected chi connectivity index (χ0v) is 25.4. The third-order valence-corrected chi connectivity index (χ3v) is 8.30. The van der Waals surface area contributed by atoms with Gasteiger partial charge in [0.2, 0.25) is 5.95 Å². The van der Waals surface area contributed by atoms with Gasteiger partial charge in [0.25, 0.3) is 0 Å².